The molecule has 0 amide bonds. The van der Waals surface area contributed by atoms with Gasteiger partial charge in [0.25, 0.3) is 0 Å². The topological polar surface area (TPSA) is 93.5 Å². The second-order valence-corrected chi connectivity index (χ2v) is 11.5. The van der Waals surface area contributed by atoms with E-state index in [-0.39, 0.29) is 17.5 Å². The lowest BCUT2D eigenvalue weighted by atomic mass is 9.88. The maximum absolute atomic E-state index is 10.8. The van der Waals surface area contributed by atoms with Crippen molar-refractivity contribution in [2.24, 2.45) is 0 Å². The average molecular weight is 591 g/mol. The van der Waals surface area contributed by atoms with Crippen molar-refractivity contribution in [2.75, 3.05) is 27.8 Å². The summed E-state index contributed by atoms with van der Waals surface area (Å²) >= 11 is 0. The number of phenolic OH excluding ortho intramolecular Hbond substituents is 2. The largest absolute Gasteiger partial charge is 0.504 e. The van der Waals surface area contributed by atoms with Crippen molar-refractivity contribution >= 4 is 10.8 Å². The van der Waals surface area contributed by atoms with Gasteiger partial charge in [-0.1, -0.05) is 18.2 Å². The van der Waals surface area contributed by atoms with E-state index < -0.39 is 0 Å². The van der Waals surface area contributed by atoms with Crippen molar-refractivity contribution in [1.29, 1.82) is 0 Å². The highest BCUT2D eigenvalue weighted by atomic mass is 16.5. The Kier molecular flexibility index (Phi) is 7.14. The van der Waals surface area contributed by atoms with Crippen LogP contribution in [-0.2, 0) is 25.9 Å². The van der Waals surface area contributed by atoms with Gasteiger partial charge in [0.05, 0.1) is 19.9 Å². The fourth-order valence-electron chi connectivity index (χ4n) is 6.23. The number of phenols is 2. The van der Waals surface area contributed by atoms with E-state index >= 15 is 0 Å². The van der Waals surface area contributed by atoms with Crippen molar-refractivity contribution in [2.45, 2.75) is 31.9 Å². The van der Waals surface area contributed by atoms with Crippen LogP contribution in [-0.4, -0.2) is 47.9 Å². The fourth-order valence-corrected chi connectivity index (χ4v) is 6.23. The SMILES string of the molecule is COc1cc2c(cc1O)[C@H](Cc1ccc(O)c(Oc3cc4c(Cc5ccc6c(c5)OC6)nccc4cc3OC)c1)N(C)CC2. The first-order chi connectivity index (χ1) is 21.4. The van der Waals surface area contributed by atoms with Crippen molar-refractivity contribution in [3.63, 3.8) is 0 Å². The maximum atomic E-state index is 10.8. The summed E-state index contributed by atoms with van der Waals surface area (Å²) in [6, 6.07) is 21.3. The molecule has 0 saturated heterocycles. The summed E-state index contributed by atoms with van der Waals surface area (Å²) in [6.07, 6.45) is 3.99. The number of fused-ring (bicyclic) bond motifs is 3. The van der Waals surface area contributed by atoms with Gasteiger partial charge in [0.2, 0.25) is 0 Å². The van der Waals surface area contributed by atoms with Gasteiger partial charge in [-0.05, 0) is 96.1 Å². The zero-order chi connectivity index (χ0) is 30.4. The van der Waals surface area contributed by atoms with Crippen LogP contribution in [0.4, 0.5) is 0 Å². The monoisotopic (exact) mass is 590 g/mol. The van der Waals surface area contributed by atoms with E-state index in [9.17, 15) is 10.2 Å². The zero-order valence-corrected chi connectivity index (χ0v) is 25.0. The van der Waals surface area contributed by atoms with E-state index in [1.165, 1.54) is 11.1 Å². The van der Waals surface area contributed by atoms with E-state index in [1.807, 2.05) is 42.5 Å². The molecule has 5 aromatic rings. The molecule has 0 radical (unpaired) electrons. The standard InChI is InChI=1S/C36H34N2O6/c1-38-11-9-24-16-33(41-2)31(40)18-27(24)29(38)13-22-5-7-30(39)34(15-22)44-36-19-26-23(17-35(36)42-3)8-10-37-28(26)12-21-4-6-25-20-43-32(25)14-21/h4-8,10,14-19,29,39-40H,9,11-13,20H2,1-3H3/t29-/m0/s1. The number of ether oxygens (including phenoxy) is 4. The molecule has 4 aromatic carbocycles. The summed E-state index contributed by atoms with van der Waals surface area (Å²) in [7, 11) is 5.26. The molecule has 2 aliphatic heterocycles. The van der Waals surface area contributed by atoms with Crippen LogP contribution in [0.1, 0.15) is 39.6 Å². The number of hydrogen-bond acceptors (Lipinski definition) is 8. The van der Waals surface area contributed by atoms with E-state index in [2.05, 4.69) is 30.1 Å². The first-order valence-corrected chi connectivity index (χ1v) is 14.7. The van der Waals surface area contributed by atoms with Crippen molar-refractivity contribution in [3.8, 4) is 40.2 Å². The number of hydrogen-bond donors (Lipinski definition) is 2. The van der Waals surface area contributed by atoms with Crippen LogP contribution in [0.3, 0.4) is 0 Å². The molecule has 0 aliphatic carbocycles. The molecule has 1 aromatic heterocycles. The minimum Gasteiger partial charge on any atom is -0.504 e. The number of aromatic hydroxyl groups is 2. The molecule has 2 N–H and O–H groups in total. The smallest absolute Gasteiger partial charge is 0.170 e. The van der Waals surface area contributed by atoms with Gasteiger partial charge in [-0.25, -0.2) is 0 Å². The van der Waals surface area contributed by atoms with Crippen LogP contribution in [0, 0.1) is 0 Å². The molecule has 8 nitrogen and oxygen atoms in total. The Balaban J connectivity index is 1.20. The van der Waals surface area contributed by atoms with Crippen LogP contribution in [0.2, 0.25) is 0 Å². The van der Waals surface area contributed by atoms with Gasteiger partial charge in [0.1, 0.15) is 12.4 Å². The quantitative estimate of drug-likeness (QED) is 0.206. The highest BCUT2D eigenvalue weighted by molar-refractivity contribution is 5.88. The van der Waals surface area contributed by atoms with Gasteiger partial charge < -0.3 is 29.2 Å². The minimum absolute atomic E-state index is 0.0316. The summed E-state index contributed by atoms with van der Waals surface area (Å²) < 4.78 is 23.0. The third kappa shape index (κ3) is 5.11. The Labute approximate surface area is 256 Å². The van der Waals surface area contributed by atoms with Crippen LogP contribution >= 0.6 is 0 Å². The fraction of sp³-hybridized carbons (Fsp3) is 0.250. The Bertz CT molecular complexity index is 1890. The summed E-state index contributed by atoms with van der Waals surface area (Å²) in [6.45, 7) is 1.55. The predicted octanol–water partition coefficient (Wildman–Crippen LogP) is 6.71. The molecule has 0 saturated carbocycles. The first-order valence-electron chi connectivity index (χ1n) is 14.7. The Morgan fingerprint density at radius 2 is 1.68 bits per heavy atom. The number of rotatable bonds is 8. The van der Waals surface area contributed by atoms with Crippen molar-refractivity contribution in [1.82, 2.24) is 9.88 Å². The second-order valence-electron chi connectivity index (χ2n) is 11.5. The highest BCUT2D eigenvalue weighted by Crippen LogP contribution is 2.42. The van der Waals surface area contributed by atoms with Crippen LogP contribution < -0.4 is 18.9 Å². The molecule has 0 fully saturated rings. The Hall–Kier alpha value is -4.95. The van der Waals surface area contributed by atoms with E-state index in [0.717, 1.165) is 51.9 Å². The maximum Gasteiger partial charge on any atom is 0.170 e. The Morgan fingerprint density at radius 1 is 0.841 bits per heavy atom. The van der Waals surface area contributed by atoms with Crippen LogP contribution in [0.15, 0.2) is 72.9 Å². The second kappa shape index (κ2) is 11.3. The third-order valence-corrected chi connectivity index (χ3v) is 8.76. The van der Waals surface area contributed by atoms with Gasteiger partial charge in [0, 0.05) is 36.2 Å². The molecule has 7 rings (SSSR count). The molecule has 1 atom stereocenters. The highest BCUT2D eigenvalue weighted by Gasteiger charge is 2.27. The van der Waals surface area contributed by atoms with Gasteiger partial charge in [-0.15, -0.1) is 0 Å². The van der Waals surface area contributed by atoms with Gasteiger partial charge in [-0.2, -0.15) is 0 Å². The molecular formula is C36H34N2O6. The molecule has 8 heteroatoms. The lowest BCUT2D eigenvalue weighted by Gasteiger charge is -2.35. The molecule has 44 heavy (non-hydrogen) atoms. The molecule has 3 heterocycles. The zero-order valence-electron chi connectivity index (χ0n) is 25.0. The summed E-state index contributed by atoms with van der Waals surface area (Å²) in [4.78, 5) is 6.98. The van der Waals surface area contributed by atoms with Crippen LogP contribution in [0.5, 0.6) is 40.2 Å². The molecule has 0 unspecified atom stereocenters. The molecule has 224 valence electrons. The predicted molar refractivity (Wildman–Crippen MR) is 167 cm³/mol. The number of methoxy groups -OCH3 is 2. The number of benzene rings is 4. The number of pyridine rings is 1. The first kappa shape index (κ1) is 27.9. The minimum atomic E-state index is 0.0316. The van der Waals surface area contributed by atoms with Crippen LogP contribution in [0.25, 0.3) is 10.8 Å². The summed E-state index contributed by atoms with van der Waals surface area (Å²) in [5.41, 5.74) is 6.48. The third-order valence-electron chi connectivity index (χ3n) is 8.76. The van der Waals surface area contributed by atoms with E-state index in [1.54, 1.807) is 26.5 Å². The van der Waals surface area contributed by atoms with Crippen molar-refractivity contribution in [3.05, 3.63) is 106 Å². The van der Waals surface area contributed by atoms with E-state index in [0.29, 0.717) is 42.4 Å². The normalized spacial score (nSPS) is 15.6. The number of nitrogens with zero attached hydrogens (tertiary/aromatic N) is 2. The molecular weight excluding hydrogens is 556 g/mol. The lowest BCUT2D eigenvalue weighted by Crippen LogP contribution is -2.33. The lowest BCUT2D eigenvalue weighted by molar-refractivity contribution is 0.228. The molecule has 0 spiro atoms. The van der Waals surface area contributed by atoms with Gasteiger partial charge in [-0.3, -0.25) is 9.88 Å². The van der Waals surface area contributed by atoms with Gasteiger partial charge >= 0.3 is 0 Å². The average Bonchev–Trinajstić information content (AvgIpc) is 3.01. The summed E-state index contributed by atoms with van der Waals surface area (Å²) in [5.74, 6) is 2.96. The van der Waals surface area contributed by atoms with Gasteiger partial charge in [0.15, 0.2) is 34.5 Å². The van der Waals surface area contributed by atoms with E-state index in [4.69, 9.17) is 23.9 Å². The Morgan fingerprint density at radius 3 is 2.45 bits per heavy atom. The van der Waals surface area contributed by atoms with Crippen molar-refractivity contribution < 1.29 is 29.2 Å². The number of aromatic nitrogens is 1. The molecule has 0 bridgehead atoms. The summed E-state index contributed by atoms with van der Waals surface area (Å²) in [5, 5.41) is 23.3. The molecule has 2 aliphatic rings. The number of likely N-dealkylation sites (N-methyl/N-ethyl adjacent to an activating group) is 1.